The lowest BCUT2D eigenvalue weighted by Crippen LogP contribution is -2.29. The molecule has 1 atom stereocenters. The molecule has 3 nitrogen and oxygen atoms in total. The maximum absolute atomic E-state index is 13.3. The maximum atomic E-state index is 13.3. The van der Waals surface area contributed by atoms with Crippen molar-refractivity contribution in [2.75, 3.05) is 5.73 Å². The van der Waals surface area contributed by atoms with Gasteiger partial charge >= 0.3 is 0 Å². The molecule has 0 aliphatic heterocycles. The van der Waals surface area contributed by atoms with Crippen molar-refractivity contribution in [2.24, 2.45) is 5.84 Å². The summed E-state index contributed by atoms with van der Waals surface area (Å²) in [6.07, 6.45) is 0. The fourth-order valence-corrected chi connectivity index (χ4v) is 2.23. The Balaban J connectivity index is 2.49. The van der Waals surface area contributed by atoms with Crippen molar-refractivity contribution >= 4 is 21.6 Å². The summed E-state index contributed by atoms with van der Waals surface area (Å²) in [5.41, 5.74) is 10.1. The van der Waals surface area contributed by atoms with E-state index >= 15 is 0 Å². The third kappa shape index (κ3) is 2.91. The van der Waals surface area contributed by atoms with Crippen LogP contribution in [0.1, 0.15) is 17.2 Å². The fraction of sp³-hybridized carbons (Fsp3) is 0.0769. The van der Waals surface area contributed by atoms with Crippen LogP contribution in [-0.4, -0.2) is 0 Å². The van der Waals surface area contributed by atoms with Gasteiger partial charge in [-0.1, -0.05) is 22.0 Å². The van der Waals surface area contributed by atoms with E-state index in [1.165, 1.54) is 6.07 Å². The Morgan fingerprint density at radius 3 is 2.42 bits per heavy atom. The zero-order chi connectivity index (χ0) is 14.0. The van der Waals surface area contributed by atoms with Crippen molar-refractivity contribution in [3.8, 4) is 0 Å². The van der Waals surface area contributed by atoms with Gasteiger partial charge in [-0.05, 0) is 41.5 Å². The third-order valence-electron chi connectivity index (χ3n) is 2.80. The van der Waals surface area contributed by atoms with Crippen LogP contribution in [0.4, 0.5) is 14.5 Å². The monoisotopic (exact) mass is 327 g/mol. The average Bonchev–Trinajstić information content (AvgIpc) is 2.38. The maximum Gasteiger partial charge on any atom is 0.159 e. The summed E-state index contributed by atoms with van der Waals surface area (Å²) in [5.74, 6) is 3.68. The Kier molecular flexibility index (Phi) is 4.14. The van der Waals surface area contributed by atoms with Crippen LogP contribution in [0, 0.1) is 11.6 Å². The molecule has 0 amide bonds. The van der Waals surface area contributed by atoms with E-state index in [1.807, 2.05) is 0 Å². The molecule has 0 aromatic heterocycles. The topological polar surface area (TPSA) is 64.1 Å². The number of hydrogen-bond acceptors (Lipinski definition) is 3. The first-order chi connectivity index (χ1) is 9.02. The van der Waals surface area contributed by atoms with Crippen molar-refractivity contribution in [3.05, 3.63) is 63.6 Å². The van der Waals surface area contributed by atoms with E-state index in [1.54, 1.807) is 18.2 Å². The Morgan fingerprint density at radius 2 is 1.79 bits per heavy atom. The largest absolute Gasteiger partial charge is 0.398 e. The lowest BCUT2D eigenvalue weighted by molar-refractivity contribution is 0.504. The molecule has 0 fully saturated rings. The summed E-state index contributed by atoms with van der Waals surface area (Å²) in [7, 11) is 0. The molecule has 0 aliphatic rings. The molecule has 0 saturated carbocycles. The summed E-state index contributed by atoms with van der Waals surface area (Å²) >= 11 is 3.33. The Labute approximate surface area is 117 Å². The fourth-order valence-electron chi connectivity index (χ4n) is 1.85. The first-order valence-corrected chi connectivity index (χ1v) is 6.28. The zero-order valence-electron chi connectivity index (χ0n) is 9.83. The molecular weight excluding hydrogens is 316 g/mol. The predicted molar refractivity (Wildman–Crippen MR) is 74.1 cm³/mol. The minimum Gasteiger partial charge on any atom is -0.398 e. The van der Waals surface area contributed by atoms with Gasteiger partial charge in [-0.25, -0.2) is 14.2 Å². The van der Waals surface area contributed by atoms with Gasteiger partial charge in [0.15, 0.2) is 11.6 Å². The van der Waals surface area contributed by atoms with Crippen molar-refractivity contribution in [1.82, 2.24) is 5.43 Å². The van der Waals surface area contributed by atoms with Gasteiger partial charge < -0.3 is 5.73 Å². The van der Waals surface area contributed by atoms with Gasteiger partial charge in [0, 0.05) is 10.2 Å². The Bertz CT molecular complexity index is 604. The number of rotatable bonds is 3. The van der Waals surface area contributed by atoms with Crippen molar-refractivity contribution in [3.63, 3.8) is 0 Å². The molecule has 0 radical (unpaired) electrons. The molecule has 0 bridgehead atoms. The summed E-state index contributed by atoms with van der Waals surface area (Å²) in [6, 6.07) is 8.38. The van der Waals surface area contributed by atoms with E-state index in [0.717, 1.165) is 16.6 Å². The molecule has 0 heterocycles. The van der Waals surface area contributed by atoms with Crippen LogP contribution in [-0.2, 0) is 0 Å². The van der Waals surface area contributed by atoms with Gasteiger partial charge in [0.05, 0.1) is 6.04 Å². The average molecular weight is 328 g/mol. The van der Waals surface area contributed by atoms with Crippen LogP contribution in [0.15, 0.2) is 40.9 Å². The molecule has 5 N–H and O–H groups in total. The molecule has 1 unspecified atom stereocenters. The smallest absolute Gasteiger partial charge is 0.159 e. The molecule has 19 heavy (non-hydrogen) atoms. The third-order valence-corrected chi connectivity index (χ3v) is 3.30. The highest BCUT2D eigenvalue weighted by atomic mass is 79.9. The molecule has 100 valence electrons. The van der Waals surface area contributed by atoms with E-state index in [2.05, 4.69) is 21.4 Å². The van der Waals surface area contributed by atoms with Crippen LogP contribution in [0.2, 0.25) is 0 Å². The van der Waals surface area contributed by atoms with Crippen LogP contribution in [0.5, 0.6) is 0 Å². The Hall–Kier alpha value is -1.50. The first-order valence-electron chi connectivity index (χ1n) is 5.49. The Morgan fingerprint density at radius 1 is 1.05 bits per heavy atom. The van der Waals surface area contributed by atoms with E-state index in [9.17, 15) is 8.78 Å². The van der Waals surface area contributed by atoms with Crippen molar-refractivity contribution < 1.29 is 8.78 Å². The van der Waals surface area contributed by atoms with Gasteiger partial charge in [0.1, 0.15) is 0 Å². The van der Waals surface area contributed by atoms with E-state index in [0.29, 0.717) is 16.8 Å². The van der Waals surface area contributed by atoms with E-state index < -0.39 is 17.7 Å². The van der Waals surface area contributed by atoms with Gasteiger partial charge in [0.25, 0.3) is 0 Å². The molecule has 0 aliphatic carbocycles. The van der Waals surface area contributed by atoms with E-state index in [-0.39, 0.29) is 0 Å². The number of nitrogens with two attached hydrogens (primary N) is 2. The highest BCUT2D eigenvalue weighted by Gasteiger charge is 2.17. The van der Waals surface area contributed by atoms with Crippen LogP contribution < -0.4 is 17.0 Å². The number of benzene rings is 2. The molecule has 2 rings (SSSR count). The molecule has 2 aromatic carbocycles. The number of nitrogens with one attached hydrogen (secondary N) is 1. The second-order valence-electron chi connectivity index (χ2n) is 4.05. The quantitative estimate of drug-likeness (QED) is 0.461. The molecule has 6 heteroatoms. The van der Waals surface area contributed by atoms with Crippen LogP contribution in [0.25, 0.3) is 0 Å². The highest BCUT2D eigenvalue weighted by molar-refractivity contribution is 9.10. The number of halogens is 3. The number of hydrazine groups is 1. The van der Waals surface area contributed by atoms with E-state index in [4.69, 9.17) is 11.6 Å². The van der Waals surface area contributed by atoms with Gasteiger partial charge in [-0.2, -0.15) is 0 Å². The summed E-state index contributed by atoms with van der Waals surface area (Å²) < 4.78 is 27.1. The standard InChI is InChI=1S/C13H12BrF2N3/c14-8-2-4-12(17)9(6-8)13(19-18)7-1-3-10(15)11(16)5-7/h1-6,13,19H,17-18H2. The van der Waals surface area contributed by atoms with Crippen LogP contribution >= 0.6 is 15.9 Å². The van der Waals surface area contributed by atoms with Gasteiger partial charge in [-0.15, -0.1) is 0 Å². The van der Waals surface area contributed by atoms with Gasteiger partial charge in [0.2, 0.25) is 0 Å². The van der Waals surface area contributed by atoms with Crippen molar-refractivity contribution in [2.45, 2.75) is 6.04 Å². The summed E-state index contributed by atoms with van der Waals surface area (Å²) in [4.78, 5) is 0. The first kappa shape index (κ1) is 13.9. The lowest BCUT2D eigenvalue weighted by atomic mass is 9.98. The summed E-state index contributed by atoms with van der Waals surface area (Å²) in [5, 5.41) is 0. The molecule has 0 spiro atoms. The lowest BCUT2D eigenvalue weighted by Gasteiger charge is -2.19. The van der Waals surface area contributed by atoms with Gasteiger partial charge in [-0.3, -0.25) is 5.84 Å². The second kappa shape index (κ2) is 5.64. The number of anilines is 1. The normalized spacial score (nSPS) is 12.4. The van der Waals surface area contributed by atoms with Crippen LogP contribution in [0.3, 0.4) is 0 Å². The predicted octanol–water partition coefficient (Wildman–Crippen LogP) is 2.86. The SMILES string of the molecule is NNC(c1ccc(F)c(F)c1)c1cc(Br)ccc1N. The minimum atomic E-state index is -0.925. The molecular formula is C13H12BrF2N3. The summed E-state index contributed by atoms with van der Waals surface area (Å²) in [6.45, 7) is 0. The number of nitrogen functional groups attached to an aromatic ring is 1. The highest BCUT2D eigenvalue weighted by Crippen LogP contribution is 2.29. The zero-order valence-corrected chi connectivity index (χ0v) is 11.4. The second-order valence-corrected chi connectivity index (χ2v) is 4.96. The minimum absolute atomic E-state index is 0.492. The van der Waals surface area contributed by atoms with Crippen molar-refractivity contribution in [1.29, 1.82) is 0 Å². The molecule has 0 saturated heterocycles. The number of hydrogen-bond donors (Lipinski definition) is 3. The molecule has 2 aromatic rings.